The summed E-state index contributed by atoms with van der Waals surface area (Å²) < 4.78 is 10.5. The lowest BCUT2D eigenvalue weighted by atomic mass is 10.2. The fraction of sp³-hybridized carbons (Fsp3) is 0.438. The normalized spacial score (nSPS) is 11.1. The monoisotopic (exact) mass is 318 g/mol. The Morgan fingerprint density at radius 2 is 2.13 bits per heavy atom. The van der Waals surface area contributed by atoms with Gasteiger partial charge in [-0.05, 0) is 45.4 Å². The minimum absolute atomic E-state index is 0.405. The number of aromatic nitrogens is 2. The molecule has 0 aliphatic carbocycles. The molecular weight excluding hydrogens is 296 g/mol. The van der Waals surface area contributed by atoms with Crippen LogP contribution in [-0.2, 0) is 4.74 Å². The van der Waals surface area contributed by atoms with Gasteiger partial charge in [0.05, 0.1) is 6.26 Å². The number of carbonyl (C=O) groups is 1. The minimum atomic E-state index is -0.504. The highest BCUT2D eigenvalue weighted by Gasteiger charge is 2.15. The molecule has 23 heavy (non-hydrogen) atoms. The second kappa shape index (κ2) is 7.13. The van der Waals surface area contributed by atoms with Crippen LogP contribution in [0.25, 0.3) is 11.5 Å². The molecule has 124 valence electrons. The van der Waals surface area contributed by atoms with E-state index in [4.69, 9.17) is 9.15 Å². The molecule has 1 amide bonds. The number of ether oxygens (including phenoxy) is 1. The number of hydrogen-bond donors (Lipinski definition) is 2. The number of aryl methyl sites for hydroxylation is 1. The predicted octanol–water partition coefficient (Wildman–Crippen LogP) is 2.98. The number of rotatable bonds is 5. The SMILES string of the molecule is Cc1cnc(NCCNC(=O)OC(C)(C)C)nc1-c1ccco1. The first-order valence-electron chi connectivity index (χ1n) is 7.43. The van der Waals surface area contributed by atoms with Crippen molar-refractivity contribution in [1.82, 2.24) is 15.3 Å². The van der Waals surface area contributed by atoms with E-state index in [9.17, 15) is 4.79 Å². The van der Waals surface area contributed by atoms with E-state index in [1.54, 1.807) is 12.5 Å². The summed E-state index contributed by atoms with van der Waals surface area (Å²) in [6.07, 6.45) is 2.89. The van der Waals surface area contributed by atoms with Crippen molar-refractivity contribution in [2.45, 2.75) is 33.3 Å². The van der Waals surface area contributed by atoms with Crippen molar-refractivity contribution in [3.05, 3.63) is 30.2 Å². The second-order valence-electron chi connectivity index (χ2n) is 6.06. The summed E-state index contributed by atoms with van der Waals surface area (Å²) in [5.41, 5.74) is 1.17. The highest BCUT2D eigenvalue weighted by atomic mass is 16.6. The van der Waals surface area contributed by atoms with Crippen LogP contribution in [0.4, 0.5) is 10.7 Å². The highest BCUT2D eigenvalue weighted by Crippen LogP contribution is 2.21. The average Bonchev–Trinajstić information content (AvgIpc) is 2.97. The third kappa shape index (κ3) is 5.28. The van der Waals surface area contributed by atoms with Crippen molar-refractivity contribution >= 4 is 12.0 Å². The lowest BCUT2D eigenvalue weighted by Gasteiger charge is -2.19. The Morgan fingerprint density at radius 3 is 2.78 bits per heavy atom. The number of amides is 1. The maximum Gasteiger partial charge on any atom is 0.407 e. The third-order valence-corrected chi connectivity index (χ3v) is 2.80. The van der Waals surface area contributed by atoms with Crippen LogP contribution >= 0.6 is 0 Å². The van der Waals surface area contributed by atoms with Crippen LogP contribution in [0.2, 0.25) is 0 Å². The molecule has 2 aromatic heterocycles. The van der Waals surface area contributed by atoms with E-state index in [0.717, 1.165) is 11.3 Å². The Bertz CT molecular complexity index is 648. The molecule has 0 atom stereocenters. The number of alkyl carbamates (subject to hydrolysis) is 1. The van der Waals surface area contributed by atoms with Crippen molar-refractivity contribution in [3.63, 3.8) is 0 Å². The van der Waals surface area contributed by atoms with Crippen molar-refractivity contribution < 1.29 is 13.9 Å². The molecule has 0 aromatic carbocycles. The Morgan fingerprint density at radius 1 is 1.35 bits per heavy atom. The van der Waals surface area contributed by atoms with Gasteiger partial charge in [-0.3, -0.25) is 0 Å². The zero-order chi connectivity index (χ0) is 16.9. The number of carbonyl (C=O) groups excluding carboxylic acids is 1. The van der Waals surface area contributed by atoms with Gasteiger partial charge in [-0.1, -0.05) is 0 Å². The first-order valence-corrected chi connectivity index (χ1v) is 7.43. The molecule has 2 N–H and O–H groups in total. The molecule has 0 fully saturated rings. The summed E-state index contributed by atoms with van der Waals surface area (Å²) in [7, 11) is 0. The molecule has 0 radical (unpaired) electrons. The number of hydrogen-bond acceptors (Lipinski definition) is 6. The summed E-state index contributed by atoms with van der Waals surface area (Å²) in [6, 6.07) is 3.66. The summed E-state index contributed by atoms with van der Waals surface area (Å²) in [4.78, 5) is 20.2. The Balaban J connectivity index is 1.85. The number of furan rings is 1. The fourth-order valence-electron chi connectivity index (χ4n) is 1.84. The van der Waals surface area contributed by atoms with E-state index >= 15 is 0 Å². The van der Waals surface area contributed by atoms with Crippen LogP contribution in [0.15, 0.2) is 29.0 Å². The van der Waals surface area contributed by atoms with Crippen molar-refractivity contribution in [3.8, 4) is 11.5 Å². The van der Waals surface area contributed by atoms with Crippen LogP contribution in [0.3, 0.4) is 0 Å². The van der Waals surface area contributed by atoms with Gasteiger partial charge in [-0.2, -0.15) is 0 Å². The molecule has 7 heteroatoms. The molecule has 2 aromatic rings. The average molecular weight is 318 g/mol. The van der Waals surface area contributed by atoms with Gasteiger partial charge in [0.25, 0.3) is 0 Å². The van der Waals surface area contributed by atoms with Gasteiger partial charge in [0, 0.05) is 19.3 Å². The van der Waals surface area contributed by atoms with E-state index in [2.05, 4.69) is 20.6 Å². The first kappa shape index (κ1) is 16.8. The van der Waals surface area contributed by atoms with Gasteiger partial charge in [-0.15, -0.1) is 0 Å². The quantitative estimate of drug-likeness (QED) is 0.824. The van der Waals surface area contributed by atoms with Gasteiger partial charge in [0.1, 0.15) is 11.3 Å². The number of nitrogens with zero attached hydrogens (tertiary/aromatic N) is 2. The van der Waals surface area contributed by atoms with E-state index in [1.807, 2.05) is 39.8 Å². The van der Waals surface area contributed by atoms with Crippen molar-refractivity contribution in [2.75, 3.05) is 18.4 Å². The smallest absolute Gasteiger partial charge is 0.407 e. The zero-order valence-corrected chi connectivity index (χ0v) is 13.8. The van der Waals surface area contributed by atoms with Gasteiger partial charge in [0.15, 0.2) is 5.76 Å². The topological polar surface area (TPSA) is 89.3 Å². The lowest BCUT2D eigenvalue weighted by molar-refractivity contribution is 0.0530. The Labute approximate surface area is 135 Å². The highest BCUT2D eigenvalue weighted by molar-refractivity contribution is 5.67. The van der Waals surface area contributed by atoms with E-state index in [1.165, 1.54) is 0 Å². The zero-order valence-electron chi connectivity index (χ0n) is 13.8. The van der Waals surface area contributed by atoms with Crippen LogP contribution in [0, 0.1) is 6.92 Å². The second-order valence-corrected chi connectivity index (χ2v) is 6.06. The summed E-state index contributed by atoms with van der Waals surface area (Å²) >= 11 is 0. The molecule has 2 rings (SSSR count). The molecule has 0 spiro atoms. The van der Waals surface area contributed by atoms with Crippen LogP contribution in [0.1, 0.15) is 26.3 Å². The molecule has 2 heterocycles. The van der Waals surface area contributed by atoms with Gasteiger partial charge < -0.3 is 19.8 Å². The van der Waals surface area contributed by atoms with E-state index < -0.39 is 11.7 Å². The largest absolute Gasteiger partial charge is 0.463 e. The molecule has 0 saturated heterocycles. The Kier molecular flexibility index (Phi) is 5.20. The molecular formula is C16H22N4O3. The van der Waals surface area contributed by atoms with Gasteiger partial charge >= 0.3 is 6.09 Å². The molecule has 0 saturated carbocycles. The number of nitrogens with one attached hydrogen (secondary N) is 2. The summed E-state index contributed by atoms with van der Waals surface area (Å²) in [5, 5.41) is 5.72. The third-order valence-electron chi connectivity index (χ3n) is 2.80. The molecule has 0 aliphatic heterocycles. The standard InChI is InChI=1S/C16H22N4O3/c1-11-10-19-14(20-13(11)12-6-5-9-22-12)17-7-8-18-15(21)23-16(2,3)4/h5-6,9-10H,7-8H2,1-4H3,(H,18,21)(H,17,19,20). The molecule has 0 aliphatic rings. The van der Waals surface area contributed by atoms with Gasteiger partial charge in [0.2, 0.25) is 5.95 Å². The summed E-state index contributed by atoms with van der Waals surface area (Å²) in [6.45, 7) is 8.28. The fourth-order valence-corrected chi connectivity index (χ4v) is 1.84. The van der Waals surface area contributed by atoms with Gasteiger partial charge in [-0.25, -0.2) is 14.8 Å². The maximum atomic E-state index is 11.5. The van der Waals surface area contributed by atoms with Crippen molar-refractivity contribution in [1.29, 1.82) is 0 Å². The molecule has 7 nitrogen and oxygen atoms in total. The van der Waals surface area contributed by atoms with Crippen LogP contribution in [-0.4, -0.2) is 34.8 Å². The van der Waals surface area contributed by atoms with E-state index in [0.29, 0.717) is 24.8 Å². The van der Waals surface area contributed by atoms with Crippen LogP contribution < -0.4 is 10.6 Å². The van der Waals surface area contributed by atoms with Crippen LogP contribution in [0.5, 0.6) is 0 Å². The Hall–Kier alpha value is -2.57. The lowest BCUT2D eigenvalue weighted by Crippen LogP contribution is -2.35. The minimum Gasteiger partial charge on any atom is -0.463 e. The summed E-state index contributed by atoms with van der Waals surface area (Å²) in [5.74, 6) is 1.17. The molecule has 0 bridgehead atoms. The predicted molar refractivity (Wildman–Crippen MR) is 87.2 cm³/mol. The van der Waals surface area contributed by atoms with Crippen molar-refractivity contribution in [2.24, 2.45) is 0 Å². The van der Waals surface area contributed by atoms with E-state index in [-0.39, 0.29) is 0 Å². The maximum absolute atomic E-state index is 11.5. The first-order chi connectivity index (χ1) is 10.8. The molecule has 0 unspecified atom stereocenters. The number of anilines is 1.